The van der Waals surface area contributed by atoms with Gasteiger partial charge in [-0.3, -0.25) is 4.79 Å². The zero-order chi connectivity index (χ0) is 24.2. The molecular weight excluding hydrogens is 456 g/mol. The van der Waals surface area contributed by atoms with Crippen molar-refractivity contribution >= 4 is 28.7 Å². The number of aryl methyl sites for hydroxylation is 2. The van der Waals surface area contributed by atoms with Gasteiger partial charge in [0, 0.05) is 16.2 Å². The third kappa shape index (κ3) is 5.15. The summed E-state index contributed by atoms with van der Waals surface area (Å²) >= 11 is 1.61. The van der Waals surface area contributed by atoms with Gasteiger partial charge in [-0.15, -0.1) is 11.8 Å². The second-order valence-electron chi connectivity index (χ2n) is 8.44. The molecule has 35 heavy (non-hydrogen) atoms. The molecule has 0 saturated carbocycles. The molecule has 2 aromatic heterocycles. The summed E-state index contributed by atoms with van der Waals surface area (Å²) in [5.41, 5.74) is 5.53. The number of carbonyl (C=O) groups excluding carboxylic acids is 1. The van der Waals surface area contributed by atoms with Crippen molar-refractivity contribution in [3.05, 3.63) is 113 Å². The van der Waals surface area contributed by atoms with E-state index in [1.165, 1.54) is 0 Å². The summed E-state index contributed by atoms with van der Waals surface area (Å²) < 4.78 is 5.29. The van der Waals surface area contributed by atoms with Crippen LogP contribution in [0, 0.1) is 13.8 Å². The van der Waals surface area contributed by atoms with Crippen molar-refractivity contribution in [3.8, 4) is 0 Å². The molecule has 1 atom stereocenters. The fourth-order valence-corrected chi connectivity index (χ4v) is 5.28. The van der Waals surface area contributed by atoms with Crippen molar-refractivity contribution in [3.63, 3.8) is 0 Å². The van der Waals surface area contributed by atoms with Gasteiger partial charge in [0.05, 0.1) is 28.3 Å². The van der Waals surface area contributed by atoms with E-state index < -0.39 is 0 Å². The smallest absolute Gasteiger partial charge is 0.253 e. The Hall–Kier alpha value is -3.84. The van der Waals surface area contributed by atoms with Crippen molar-refractivity contribution in [1.82, 2.24) is 20.4 Å². The highest BCUT2D eigenvalue weighted by Gasteiger charge is 2.22. The number of para-hydroxylation sites is 2. The predicted molar refractivity (Wildman–Crippen MR) is 138 cm³/mol. The summed E-state index contributed by atoms with van der Waals surface area (Å²) in [6.45, 7) is 3.85. The van der Waals surface area contributed by atoms with E-state index >= 15 is 0 Å². The van der Waals surface area contributed by atoms with Crippen molar-refractivity contribution in [2.45, 2.75) is 37.0 Å². The summed E-state index contributed by atoms with van der Waals surface area (Å²) in [7, 11) is 0. The number of hydrogen-bond donors (Lipinski definition) is 2. The van der Waals surface area contributed by atoms with Crippen molar-refractivity contribution in [2.75, 3.05) is 0 Å². The Morgan fingerprint density at radius 3 is 2.51 bits per heavy atom. The van der Waals surface area contributed by atoms with Crippen molar-refractivity contribution in [2.24, 2.45) is 0 Å². The lowest BCUT2D eigenvalue weighted by atomic mass is 10.0. The minimum atomic E-state index is -0.307. The van der Waals surface area contributed by atoms with Crippen LogP contribution in [0.25, 0.3) is 11.0 Å². The molecular formula is C28H26N4O2S. The Bertz CT molecular complexity index is 1410. The second kappa shape index (κ2) is 10.2. The zero-order valence-corrected chi connectivity index (χ0v) is 20.4. The molecule has 0 aliphatic heterocycles. The van der Waals surface area contributed by atoms with Crippen LogP contribution < -0.4 is 5.32 Å². The Labute approximate surface area is 208 Å². The lowest BCUT2D eigenvalue weighted by Gasteiger charge is -2.18. The average molecular weight is 483 g/mol. The molecule has 0 bridgehead atoms. The van der Waals surface area contributed by atoms with Crippen LogP contribution in [0.15, 0.2) is 88.3 Å². The van der Waals surface area contributed by atoms with Crippen LogP contribution in [-0.2, 0) is 12.2 Å². The quantitative estimate of drug-likeness (QED) is 0.258. The first-order valence-electron chi connectivity index (χ1n) is 11.5. The number of hydrogen-bond acceptors (Lipinski definition) is 5. The number of aromatic amines is 1. The molecule has 1 amide bonds. The van der Waals surface area contributed by atoms with Gasteiger partial charge < -0.3 is 14.8 Å². The standard InChI is InChI=1S/C28H26N4O2S/c1-18-22(19(2)34-32-18)17-35-26-15-9-6-12-21(26)28(33)31-25(16-20-10-4-3-5-11-20)27-29-23-13-7-8-14-24(23)30-27/h3-15,25H,16-17H2,1-2H3,(H,29,30)(H,31,33)/t25-/m0/s1. The maximum absolute atomic E-state index is 13.6. The highest BCUT2D eigenvalue weighted by molar-refractivity contribution is 7.98. The van der Waals surface area contributed by atoms with Crippen LogP contribution in [0.2, 0.25) is 0 Å². The lowest BCUT2D eigenvalue weighted by Crippen LogP contribution is -2.31. The molecule has 0 aliphatic carbocycles. The first kappa shape index (κ1) is 22.9. The topological polar surface area (TPSA) is 83.8 Å². The Morgan fingerprint density at radius 1 is 1.00 bits per heavy atom. The van der Waals surface area contributed by atoms with E-state index in [9.17, 15) is 4.79 Å². The minimum Gasteiger partial charge on any atom is -0.361 e. The molecule has 7 heteroatoms. The van der Waals surface area contributed by atoms with Gasteiger partial charge in [-0.1, -0.05) is 59.8 Å². The first-order chi connectivity index (χ1) is 17.1. The summed E-state index contributed by atoms with van der Waals surface area (Å²) in [5, 5.41) is 7.28. The Kier molecular flexibility index (Phi) is 6.68. The van der Waals surface area contributed by atoms with E-state index in [0.717, 1.165) is 44.3 Å². The molecule has 5 aromatic rings. The fourth-order valence-electron chi connectivity index (χ4n) is 4.08. The number of fused-ring (bicyclic) bond motifs is 1. The number of imidazole rings is 1. The number of benzene rings is 3. The number of nitrogens with one attached hydrogen (secondary N) is 2. The number of thioether (sulfide) groups is 1. The fraction of sp³-hybridized carbons (Fsp3) is 0.179. The van der Waals surface area contributed by atoms with Crippen LogP contribution in [0.3, 0.4) is 0 Å². The molecule has 6 nitrogen and oxygen atoms in total. The van der Waals surface area contributed by atoms with Crippen molar-refractivity contribution < 1.29 is 9.32 Å². The highest BCUT2D eigenvalue weighted by Crippen LogP contribution is 2.29. The van der Waals surface area contributed by atoms with E-state index in [0.29, 0.717) is 17.7 Å². The molecule has 0 radical (unpaired) electrons. The number of amides is 1. The van der Waals surface area contributed by atoms with E-state index in [4.69, 9.17) is 9.51 Å². The largest absolute Gasteiger partial charge is 0.361 e. The van der Waals surface area contributed by atoms with Gasteiger partial charge >= 0.3 is 0 Å². The van der Waals surface area contributed by atoms with E-state index in [1.807, 2.05) is 80.6 Å². The Balaban J connectivity index is 1.41. The molecule has 3 aromatic carbocycles. The molecule has 0 unspecified atom stereocenters. The average Bonchev–Trinajstić information content (AvgIpc) is 3.46. The van der Waals surface area contributed by atoms with Crippen LogP contribution in [0.4, 0.5) is 0 Å². The van der Waals surface area contributed by atoms with Crippen molar-refractivity contribution in [1.29, 1.82) is 0 Å². The molecule has 2 N–H and O–H groups in total. The second-order valence-corrected chi connectivity index (χ2v) is 9.46. The van der Waals surface area contributed by atoms with Gasteiger partial charge in [-0.2, -0.15) is 0 Å². The number of nitrogens with zero attached hydrogens (tertiary/aromatic N) is 2. The third-order valence-corrected chi connectivity index (χ3v) is 7.11. The monoisotopic (exact) mass is 482 g/mol. The minimum absolute atomic E-state index is 0.131. The van der Waals surface area contributed by atoms with Gasteiger partial charge in [0.1, 0.15) is 11.6 Å². The van der Waals surface area contributed by atoms with Gasteiger partial charge in [0.15, 0.2) is 0 Å². The van der Waals surface area contributed by atoms with Gasteiger partial charge in [-0.05, 0) is 50.1 Å². The highest BCUT2D eigenvalue weighted by atomic mass is 32.2. The van der Waals surface area contributed by atoms with E-state index in [-0.39, 0.29) is 11.9 Å². The lowest BCUT2D eigenvalue weighted by molar-refractivity contribution is 0.0932. The summed E-state index contributed by atoms with van der Waals surface area (Å²) in [5.74, 6) is 2.10. The van der Waals surface area contributed by atoms with E-state index in [1.54, 1.807) is 11.8 Å². The molecule has 176 valence electrons. The molecule has 0 fully saturated rings. The molecule has 0 saturated heterocycles. The van der Waals surface area contributed by atoms with Crippen LogP contribution in [0.1, 0.15) is 44.8 Å². The molecule has 0 spiro atoms. The normalized spacial score (nSPS) is 12.1. The summed E-state index contributed by atoms with van der Waals surface area (Å²) in [6, 6.07) is 25.4. The van der Waals surface area contributed by atoms with Gasteiger partial charge in [0.25, 0.3) is 5.91 Å². The zero-order valence-electron chi connectivity index (χ0n) is 19.6. The predicted octanol–water partition coefficient (Wildman–Crippen LogP) is 6.17. The van der Waals surface area contributed by atoms with Crippen LogP contribution in [-0.4, -0.2) is 21.0 Å². The summed E-state index contributed by atoms with van der Waals surface area (Å²) in [4.78, 5) is 22.6. The van der Waals surface area contributed by atoms with Crippen LogP contribution in [0.5, 0.6) is 0 Å². The SMILES string of the molecule is Cc1noc(C)c1CSc1ccccc1C(=O)N[C@@H](Cc1ccccc1)c1nc2ccccc2[nH]1. The summed E-state index contributed by atoms with van der Waals surface area (Å²) in [6.07, 6.45) is 0.626. The maximum atomic E-state index is 13.6. The first-order valence-corrected chi connectivity index (χ1v) is 12.5. The van der Waals surface area contributed by atoms with Crippen LogP contribution >= 0.6 is 11.8 Å². The van der Waals surface area contributed by atoms with Gasteiger partial charge in [-0.25, -0.2) is 4.98 Å². The van der Waals surface area contributed by atoms with Gasteiger partial charge in [0.2, 0.25) is 0 Å². The third-order valence-electron chi connectivity index (χ3n) is 6.01. The maximum Gasteiger partial charge on any atom is 0.253 e. The molecule has 0 aliphatic rings. The molecule has 5 rings (SSSR count). The number of aromatic nitrogens is 3. The number of H-pyrrole nitrogens is 1. The van der Waals surface area contributed by atoms with E-state index in [2.05, 4.69) is 27.6 Å². The molecule has 2 heterocycles. The Morgan fingerprint density at radius 2 is 1.74 bits per heavy atom. The number of carbonyl (C=O) groups is 1. The number of rotatable bonds is 8.